The van der Waals surface area contributed by atoms with Gasteiger partial charge in [-0.3, -0.25) is 0 Å². The molecule has 0 bridgehead atoms. The minimum Gasteiger partial charge on any atom is -0.489 e. The fourth-order valence-corrected chi connectivity index (χ4v) is 2.59. The van der Waals surface area contributed by atoms with Gasteiger partial charge in [0, 0.05) is 11.0 Å². The highest BCUT2D eigenvalue weighted by atomic mass is 79.9. The lowest BCUT2D eigenvalue weighted by Gasteiger charge is -2.16. The topological polar surface area (TPSA) is 21.3 Å². The molecule has 0 aliphatic carbocycles. The van der Waals surface area contributed by atoms with Crippen LogP contribution in [-0.4, -0.2) is 6.10 Å². The van der Waals surface area contributed by atoms with Crippen LogP contribution in [0, 0.1) is 6.92 Å². The maximum Gasteiger partial charge on any atom is 0.142 e. The Morgan fingerprint density at radius 2 is 1.90 bits per heavy atom. The summed E-state index contributed by atoms with van der Waals surface area (Å²) in [5, 5.41) is 3.44. The average Bonchev–Trinajstić information content (AvgIpc) is 2.39. The highest BCUT2D eigenvalue weighted by Gasteiger charge is 2.06. The van der Waals surface area contributed by atoms with Crippen molar-refractivity contribution in [2.24, 2.45) is 0 Å². The summed E-state index contributed by atoms with van der Waals surface area (Å²) < 4.78 is 6.94. The first-order valence-corrected chi connectivity index (χ1v) is 7.60. The van der Waals surface area contributed by atoms with Crippen molar-refractivity contribution in [2.45, 2.75) is 33.4 Å². The molecule has 3 heteroatoms. The maximum atomic E-state index is 5.81. The molecule has 2 nitrogen and oxygen atoms in total. The molecule has 1 N–H and O–H groups in total. The third-order valence-corrected chi connectivity index (χ3v) is 3.67. The molecular weight excluding hydrogens is 314 g/mol. The number of halogens is 1. The van der Waals surface area contributed by atoms with E-state index in [4.69, 9.17) is 4.74 Å². The van der Waals surface area contributed by atoms with E-state index in [9.17, 15) is 0 Å². The first-order valence-electron chi connectivity index (χ1n) is 6.81. The number of rotatable bonds is 5. The van der Waals surface area contributed by atoms with Crippen LogP contribution in [0.3, 0.4) is 0 Å². The van der Waals surface area contributed by atoms with Gasteiger partial charge in [-0.1, -0.05) is 40.2 Å². The lowest BCUT2D eigenvalue weighted by atomic mass is 10.1. The quantitative estimate of drug-likeness (QED) is 0.816. The van der Waals surface area contributed by atoms with E-state index in [-0.39, 0.29) is 6.10 Å². The van der Waals surface area contributed by atoms with Crippen molar-refractivity contribution in [1.82, 2.24) is 0 Å². The Labute approximate surface area is 129 Å². The number of benzene rings is 2. The second-order valence-electron chi connectivity index (χ2n) is 5.11. The van der Waals surface area contributed by atoms with Gasteiger partial charge in [-0.05, 0) is 50.1 Å². The number of ether oxygens (including phenoxy) is 1. The van der Waals surface area contributed by atoms with Gasteiger partial charge in [-0.15, -0.1) is 0 Å². The number of aryl methyl sites for hydroxylation is 1. The first-order chi connectivity index (χ1) is 9.56. The molecule has 0 saturated carbocycles. The Morgan fingerprint density at radius 3 is 2.60 bits per heavy atom. The predicted octanol–water partition coefficient (Wildman–Crippen LogP) is 5.16. The minimum atomic E-state index is 0.170. The van der Waals surface area contributed by atoms with Gasteiger partial charge in [0.15, 0.2) is 0 Å². The first kappa shape index (κ1) is 14.9. The largest absolute Gasteiger partial charge is 0.489 e. The molecule has 0 aromatic heterocycles. The van der Waals surface area contributed by atoms with Crippen molar-refractivity contribution < 1.29 is 4.74 Å². The van der Waals surface area contributed by atoms with Gasteiger partial charge in [0.2, 0.25) is 0 Å². The van der Waals surface area contributed by atoms with Crippen molar-refractivity contribution in [3.05, 3.63) is 58.1 Å². The molecule has 0 atom stereocenters. The molecule has 2 aromatic rings. The lowest BCUT2D eigenvalue weighted by molar-refractivity contribution is 0.243. The Bertz CT molecular complexity index is 581. The van der Waals surface area contributed by atoms with Crippen molar-refractivity contribution in [1.29, 1.82) is 0 Å². The van der Waals surface area contributed by atoms with E-state index in [0.717, 1.165) is 22.5 Å². The molecule has 0 unspecified atom stereocenters. The number of hydrogen-bond donors (Lipinski definition) is 1. The molecule has 0 aliphatic heterocycles. The molecule has 2 rings (SSSR count). The van der Waals surface area contributed by atoms with E-state index in [1.165, 1.54) is 11.1 Å². The zero-order valence-corrected chi connectivity index (χ0v) is 13.7. The predicted molar refractivity (Wildman–Crippen MR) is 88.4 cm³/mol. The Morgan fingerprint density at radius 1 is 1.15 bits per heavy atom. The molecule has 2 aromatic carbocycles. The number of hydrogen-bond acceptors (Lipinski definition) is 2. The lowest BCUT2D eigenvalue weighted by Crippen LogP contribution is -2.08. The summed E-state index contributed by atoms with van der Waals surface area (Å²) in [7, 11) is 0. The van der Waals surface area contributed by atoms with Crippen molar-refractivity contribution in [2.75, 3.05) is 5.32 Å². The van der Waals surface area contributed by atoms with Gasteiger partial charge in [0.05, 0.1) is 11.8 Å². The Balaban J connectivity index is 2.10. The van der Waals surface area contributed by atoms with Crippen LogP contribution in [0.4, 0.5) is 5.69 Å². The summed E-state index contributed by atoms with van der Waals surface area (Å²) >= 11 is 3.61. The van der Waals surface area contributed by atoms with Crippen LogP contribution in [0.25, 0.3) is 0 Å². The van der Waals surface area contributed by atoms with Gasteiger partial charge < -0.3 is 10.1 Å². The van der Waals surface area contributed by atoms with Crippen LogP contribution in [0.1, 0.15) is 25.0 Å². The van der Waals surface area contributed by atoms with E-state index in [1.807, 2.05) is 38.1 Å². The third kappa shape index (κ3) is 4.01. The van der Waals surface area contributed by atoms with Gasteiger partial charge in [-0.2, -0.15) is 0 Å². The van der Waals surface area contributed by atoms with Gasteiger partial charge in [0.25, 0.3) is 0 Å². The Kier molecular flexibility index (Phi) is 5.07. The summed E-state index contributed by atoms with van der Waals surface area (Å²) in [6.07, 6.45) is 0.170. The van der Waals surface area contributed by atoms with Crippen LogP contribution in [0.2, 0.25) is 0 Å². The second-order valence-corrected chi connectivity index (χ2v) is 5.97. The van der Waals surface area contributed by atoms with Crippen LogP contribution >= 0.6 is 15.9 Å². The molecule has 0 spiro atoms. The fraction of sp³-hybridized carbons (Fsp3) is 0.294. The molecular formula is C17H20BrNO. The van der Waals surface area contributed by atoms with Gasteiger partial charge in [0.1, 0.15) is 5.75 Å². The Hall–Kier alpha value is -1.48. The number of anilines is 1. The molecule has 0 saturated heterocycles. The highest BCUT2D eigenvalue weighted by Crippen LogP contribution is 2.26. The SMILES string of the molecule is Cc1ccc(CNc2ccccc2OC(C)C)c(Br)c1. The summed E-state index contributed by atoms with van der Waals surface area (Å²) in [4.78, 5) is 0. The van der Waals surface area contributed by atoms with E-state index in [0.29, 0.717) is 0 Å². The van der Waals surface area contributed by atoms with Gasteiger partial charge in [-0.25, -0.2) is 0 Å². The minimum absolute atomic E-state index is 0.170. The van der Waals surface area contributed by atoms with Crippen LogP contribution < -0.4 is 10.1 Å². The second kappa shape index (κ2) is 6.80. The molecule has 0 radical (unpaired) electrons. The summed E-state index contributed by atoms with van der Waals surface area (Å²) in [5.74, 6) is 0.894. The zero-order valence-electron chi connectivity index (χ0n) is 12.1. The van der Waals surface area contributed by atoms with E-state index >= 15 is 0 Å². The molecule has 0 heterocycles. The normalized spacial score (nSPS) is 10.7. The molecule has 0 aliphatic rings. The average molecular weight is 334 g/mol. The maximum absolute atomic E-state index is 5.81. The van der Waals surface area contributed by atoms with Crippen LogP contribution in [0.15, 0.2) is 46.9 Å². The van der Waals surface area contributed by atoms with Crippen LogP contribution in [0.5, 0.6) is 5.75 Å². The summed E-state index contributed by atoms with van der Waals surface area (Å²) in [6, 6.07) is 14.4. The van der Waals surface area contributed by atoms with Crippen molar-refractivity contribution >= 4 is 21.6 Å². The fourth-order valence-electron chi connectivity index (χ4n) is 1.96. The summed E-state index contributed by atoms with van der Waals surface area (Å²) in [5.41, 5.74) is 3.51. The number of nitrogens with one attached hydrogen (secondary N) is 1. The number of para-hydroxylation sites is 2. The zero-order chi connectivity index (χ0) is 14.5. The molecule has 20 heavy (non-hydrogen) atoms. The standard InChI is InChI=1S/C17H20BrNO/c1-12(2)20-17-7-5-4-6-16(17)19-11-14-9-8-13(3)10-15(14)18/h4-10,12,19H,11H2,1-3H3. The molecule has 0 amide bonds. The van der Waals surface area contributed by atoms with Crippen molar-refractivity contribution in [3.63, 3.8) is 0 Å². The smallest absolute Gasteiger partial charge is 0.142 e. The van der Waals surface area contributed by atoms with Crippen LogP contribution in [-0.2, 0) is 6.54 Å². The highest BCUT2D eigenvalue weighted by molar-refractivity contribution is 9.10. The van der Waals surface area contributed by atoms with Crippen molar-refractivity contribution in [3.8, 4) is 5.75 Å². The summed E-state index contributed by atoms with van der Waals surface area (Å²) in [6.45, 7) is 6.92. The monoisotopic (exact) mass is 333 g/mol. The van der Waals surface area contributed by atoms with E-state index in [1.54, 1.807) is 0 Å². The third-order valence-electron chi connectivity index (χ3n) is 2.93. The molecule has 106 valence electrons. The van der Waals surface area contributed by atoms with Gasteiger partial charge >= 0.3 is 0 Å². The molecule has 0 fully saturated rings. The van der Waals surface area contributed by atoms with E-state index in [2.05, 4.69) is 46.4 Å². The van der Waals surface area contributed by atoms with E-state index < -0.39 is 0 Å².